The molecule has 174 valence electrons. The molecular formula is C28H25N5O2. The van der Waals surface area contributed by atoms with E-state index in [4.69, 9.17) is 4.74 Å². The average Bonchev–Trinajstić information content (AvgIpc) is 3.49. The van der Waals surface area contributed by atoms with E-state index in [0.29, 0.717) is 18.0 Å². The maximum absolute atomic E-state index is 12.5. The number of ether oxygens (including phenoxy) is 1. The van der Waals surface area contributed by atoms with Crippen LogP contribution < -0.4 is 10.2 Å². The number of carbonyl (C=O) groups is 1. The van der Waals surface area contributed by atoms with Gasteiger partial charge in [0.1, 0.15) is 18.1 Å². The second kappa shape index (κ2) is 9.69. The van der Waals surface area contributed by atoms with Crippen molar-refractivity contribution in [3.63, 3.8) is 0 Å². The van der Waals surface area contributed by atoms with Crippen LogP contribution in [0.15, 0.2) is 84.0 Å². The summed E-state index contributed by atoms with van der Waals surface area (Å²) in [4.78, 5) is 15.8. The molecular weight excluding hydrogens is 438 g/mol. The van der Waals surface area contributed by atoms with E-state index >= 15 is 0 Å². The summed E-state index contributed by atoms with van der Waals surface area (Å²) < 4.78 is 5.87. The zero-order valence-corrected chi connectivity index (χ0v) is 19.5. The third-order valence-electron chi connectivity index (χ3n) is 5.80. The number of hydrogen-bond donors (Lipinski definition) is 3. The molecule has 5 aromatic rings. The summed E-state index contributed by atoms with van der Waals surface area (Å²) in [5.41, 5.74) is 9.73. The van der Waals surface area contributed by atoms with Gasteiger partial charge < -0.3 is 9.72 Å². The number of rotatable bonds is 7. The van der Waals surface area contributed by atoms with Crippen LogP contribution in [0, 0.1) is 13.8 Å². The lowest BCUT2D eigenvalue weighted by Gasteiger charge is -2.07. The molecule has 0 aliphatic heterocycles. The standard InChI is InChI=1S/C28H25N5O2/c1-18-7-9-20(10-8-18)17-35-22-13-11-21(12-14-22)26-15-27(32-31-26)28(34)33-29-16-24-19(2)30-25-6-4-3-5-23(24)25/h3-16,30H,17H2,1-2H3,(H,31,32)(H,33,34)/b29-16+. The number of para-hydroxylation sites is 1. The monoisotopic (exact) mass is 463 g/mol. The van der Waals surface area contributed by atoms with Gasteiger partial charge >= 0.3 is 0 Å². The van der Waals surface area contributed by atoms with E-state index in [2.05, 4.69) is 56.9 Å². The first-order chi connectivity index (χ1) is 17.1. The number of fused-ring (bicyclic) bond motifs is 1. The first-order valence-corrected chi connectivity index (χ1v) is 11.3. The van der Waals surface area contributed by atoms with Crippen molar-refractivity contribution in [2.24, 2.45) is 5.10 Å². The van der Waals surface area contributed by atoms with Gasteiger partial charge in [-0.1, -0.05) is 48.0 Å². The highest BCUT2D eigenvalue weighted by Crippen LogP contribution is 2.22. The first-order valence-electron chi connectivity index (χ1n) is 11.3. The molecule has 0 bridgehead atoms. The lowest BCUT2D eigenvalue weighted by Crippen LogP contribution is -2.18. The Morgan fingerprint density at radius 2 is 1.80 bits per heavy atom. The number of carbonyl (C=O) groups excluding carboxylic acids is 1. The number of nitrogens with zero attached hydrogens (tertiary/aromatic N) is 2. The van der Waals surface area contributed by atoms with Crippen molar-refractivity contribution < 1.29 is 9.53 Å². The van der Waals surface area contributed by atoms with Crippen molar-refractivity contribution in [3.05, 3.63) is 107 Å². The number of H-pyrrole nitrogens is 2. The maximum Gasteiger partial charge on any atom is 0.289 e. The molecule has 2 heterocycles. The van der Waals surface area contributed by atoms with Crippen molar-refractivity contribution in [1.82, 2.24) is 20.6 Å². The predicted molar refractivity (Wildman–Crippen MR) is 138 cm³/mol. The van der Waals surface area contributed by atoms with E-state index in [9.17, 15) is 4.79 Å². The topological polar surface area (TPSA) is 95.2 Å². The van der Waals surface area contributed by atoms with Gasteiger partial charge in [-0.3, -0.25) is 9.89 Å². The highest BCUT2D eigenvalue weighted by atomic mass is 16.5. The number of aromatic nitrogens is 3. The molecule has 5 rings (SSSR count). The van der Waals surface area contributed by atoms with Gasteiger partial charge in [0.2, 0.25) is 0 Å². The van der Waals surface area contributed by atoms with Gasteiger partial charge in [0.05, 0.1) is 11.9 Å². The smallest absolute Gasteiger partial charge is 0.289 e. The van der Waals surface area contributed by atoms with E-state index in [1.165, 1.54) is 5.56 Å². The van der Waals surface area contributed by atoms with Crippen LogP contribution in [0.5, 0.6) is 5.75 Å². The molecule has 0 radical (unpaired) electrons. The second-order valence-electron chi connectivity index (χ2n) is 8.37. The van der Waals surface area contributed by atoms with E-state index in [1.807, 2.05) is 55.5 Å². The Morgan fingerprint density at radius 1 is 1.03 bits per heavy atom. The van der Waals surface area contributed by atoms with Crippen LogP contribution in [0.1, 0.15) is 32.9 Å². The molecule has 0 unspecified atom stereocenters. The minimum atomic E-state index is -0.365. The molecule has 0 spiro atoms. The lowest BCUT2D eigenvalue weighted by molar-refractivity contribution is 0.0950. The Balaban J connectivity index is 1.20. The van der Waals surface area contributed by atoms with Gasteiger partial charge in [-0.15, -0.1) is 0 Å². The molecule has 3 N–H and O–H groups in total. The highest BCUT2D eigenvalue weighted by molar-refractivity contribution is 6.01. The van der Waals surface area contributed by atoms with Gasteiger partial charge in [0, 0.05) is 27.7 Å². The Bertz CT molecular complexity index is 1490. The fraction of sp³-hybridized carbons (Fsp3) is 0.107. The van der Waals surface area contributed by atoms with Gasteiger partial charge in [0.25, 0.3) is 5.91 Å². The quantitative estimate of drug-likeness (QED) is 0.219. The maximum atomic E-state index is 12.5. The minimum absolute atomic E-state index is 0.326. The number of aromatic amines is 2. The third kappa shape index (κ3) is 4.99. The Hall–Kier alpha value is -4.65. The zero-order chi connectivity index (χ0) is 24.2. The number of aryl methyl sites for hydroxylation is 2. The van der Waals surface area contributed by atoms with Crippen molar-refractivity contribution >= 4 is 23.0 Å². The molecule has 1 amide bonds. The van der Waals surface area contributed by atoms with Crippen LogP contribution in [-0.2, 0) is 6.61 Å². The molecule has 7 heteroatoms. The molecule has 0 saturated heterocycles. The summed E-state index contributed by atoms with van der Waals surface area (Å²) in [5.74, 6) is 0.403. The second-order valence-corrected chi connectivity index (χ2v) is 8.37. The Labute approximate surface area is 202 Å². The molecule has 0 fully saturated rings. The molecule has 0 saturated carbocycles. The third-order valence-corrected chi connectivity index (χ3v) is 5.80. The van der Waals surface area contributed by atoms with E-state index in [1.54, 1.807) is 12.3 Å². The van der Waals surface area contributed by atoms with E-state index in [-0.39, 0.29) is 5.91 Å². The number of nitrogens with one attached hydrogen (secondary N) is 3. The summed E-state index contributed by atoms with van der Waals surface area (Å²) >= 11 is 0. The summed E-state index contributed by atoms with van der Waals surface area (Å²) in [6.45, 7) is 4.54. The van der Waals surface area contributed by atoms with Gasteiger partial charge in [0.15, 0.2) is 0 Å². The van der Waals surface area contributed by atoms with Gasteiger partial charge in [-0.25, -0.2) is 5.43 Å². The summed E-state index contributed by atoms with van der Waals surface area (Å²) in [6, 6.07) is 25.6. The van der Waals surface area contributed by atoms with Crippen molar-refractivity contribution in [3.8, 4) is 17.0 Å². The first kappa shape index (κ1) is 22.2. The fourth-order valence-electron chi connectivity index (χ4n) is 3.84. The van der Waals surface area contributed by atoms with Gasteiger partial charge in [-0.2, -0.15) is 10.2 Å². The SMILES string of the molecule is Cc1ccc(COc2ccc(-c3cc(C(=O)N/N=C/c4c(C)[nH]c5ccccc45)[nH]n3)cc2)cc1. The molecule has 7 nitrogen and oxygen atoms in total. The lowest BCUT2D eigenvalue weighted by atomic mass is 10.1. The molecule has 35 heavy (non-hydrogen) atoms. The van der Waals surface area contributed by atoms with E-state index in [0.717, 1.165) is 39.0 Å². The molecule has 2 aromatic heterocycles. The Morgan fingerprint density at radius 3 is 2.60 bits per heavy atom. The fourth-order valence-corrected chi connectivity index (χ4v) is 3.84. The summed E-state index contributed by atoms with van der Waals surface area (Å²) in [5, 5.41) is 12.2. The Kier molecular flexibility index (Phi) is 6.13. The van der Waals surface area contributed by atoms with Crippen LogP contribution >= 0.6 is 0 Å². The van der Waals surface area contributed by atoms with Crippen LogP contribution in [0.2, 0.25) is 0 Å². The van der Waals surface area contributed by atoms with Crippen molar-refractivity contribution in [2.45, 2.75) is 20.5 Å². The predicted octanol–water partition coefficient (Wildman–Crippen LogP) is 5.52. The number of hydrazone groups is 1. The van der Waals surface area contributed by atoms with E-state index < -0.39 is 0 Å². The molecule has 0 atom stereocenters. The minimum Gasteiger partial charge on any atom is -0.489 e. The zero-order valence-electron chi connectivity index (χ0n) is 19.5. The van der Waals surface area contributed by atoms with Gasteiger partial charge in [-0.05, 0) is 55.8 Å². The molecule has 0 aliphatic rings. The largest absolute Gasteiger partial charge is 0.489 e. The van der Waals surface area contributed by atoms with Crippen molar-refractivity contribution in [2.75, 3.05) is 0 Å². The van der Waals surface area contributed by atoms with Crippen molar-refractivity contribution in [1.29, 1.82) is 0 Å². The van der Waals surface area contributed by atoms with Crippen LogP contribution in [0.25, 0.3) is 22.2 Å². The molecule has 0 aliphatic carbocycles. The van der Waals surface area contributed by atoms with Crippen LogP contribution in [0.3, 0.4) is 0 Å². The van der Waals surface area contributed by atoms with Crippen LogP contribution in [-0.4, -0.2) is 27.3 Å². The number of amides is 1. The summed E-state index contributed by atoms with van der Waals surface area (Å²) in [6.07, 6.45) is 1.65. The normalized spacial score (nSPS) is 11.3. The molecule has 3 aromatic carbocycles. The summed E-state index contributed by atoms with van der Waals surface area (Å²) in [7, 11) is 0. The number of benzene rings is 3. The van der Waals surface area contributed by atoms with Crippen LogP contribution in [0.4, 0.5) is 0 Å². The average molecular weight is 464 g/mol. The number of hydrogen-bond acceptors (Lipinski definition) is 4. The highest BCUT2D eigenvalue weighted by Gasteiger charge is 2.11.